The highest BCUT2D eigenvalue weighted by Gasteiger charge is 2.21. The molecule has 0 bridgehead atoms. The van der Waals surface area contributed by atoms with Crippen LogP contribution < -0.4 is 30.0 Å². The second-order valence-corrected chi connectivity index (χ2v) is 8.85. The summed E-state index contributed by atoms with van der Waals surface area (Å²) >= 11 is 25.6. The molecule has 0 atom stereocenters. The minimum atomic E-state index is 0.202. The standard InChI is InChI=1S/C24H24Cl4N2O4/c1-4-5-6-30-14-9-18(27)23(19(28)10-14)34-21-12-15(31-2)11-20(24(21)32-3)33-22-16(25)7-13(29)8-17(22)26/h7-12,30H,4-6,29H2,1-3H3. The largest absolute Gasteiger partial charge is 0.496 e. The maximum atomic E-state index is 6.49. The molecule has 3 N–H and O–H groups in total. The molecule has 0 heterocycles. The zero-order valence-electron chi connectivity index (χ0n) is 18.8. The molecule has 0 amide bonds. The van der Waals surface area contributed by atoms with E-state index in [4.69, 9.17) is 71.1 Å². The number of anilines is 2. The van der Waals surface area contributed by atoms with Gasteiger partial charge in [0, 0.05) is 30.1 Å². The van der Waals surface area contributed by atoms with E-state index in [9.17, 15) is 0 Å². The van der Waals surface area contributed by atoms with Crippen LogP contribution in [-0.4, -0.2) is 20.8 Å². The molecular weight excluding hydrogens is 522 g/mol. The Morgan fingerprint density at radius 2 is 1.24 bits per heavy atom. The van der Waals surface area contributed by atoms with E-state index in [1.807, 2.05) is 0 Å². The van der Waals surface area contributed by atoms with Gasteiger partial charge in [0.1, 0.15) is 5.75 Å². The van der Waals surface area contributed by atoms with Gasteiger partial charge in [-0.2, -0.15) is 0 Å². The quantitative estimate of drug-likeness (QED) is 0.196. The predicted octanol–water partition coefficient (Wildman–Crippen LogP) is 8.70. The van der Waals surface area contributed by atoms with Gasteiger partial charge in [0.25, 0.3) is 0 Å². The van der Waals surface area contributed by atoms with Gasteiger partial charge in [0.15, 0.2) is 23.0 Å². The van der Waals surface area contributed by atoms with Crippen LogP contribution in [0.4, 0.5) is 11.4 Å². The molecule has 0 fully saturated rings. The van der Waals surface area contributed by atoms with E-state index >= 15 is 0 Å². The number of benzene rings is 3. The Labute approximate surface area is 218 Å². The van der Waals surface area contributed by atoms with E-state index in [0.29, 0.717) is 21.5 Å². The van der Waals surface area contributed by atoms with Gasteiger partial charge in [-0.25, -0.2) is 0 Å². The third kappa shape index (κ3) is 6.19. The molecule has 0 spiro atoms. The summed E-state index contributed by atoms with van der Waals surface area (Å²) in [7, 11) is 2.98. The average molecular weight is 546 g/mol. The Bertz CT molecular complexity index is 1130. The van der Waals surface area contributed by atoms with Crippen LogP contribution in [0.25, 0.3) is 0 Å². The zero-order chi connectivity index (χ0) is 24.8. The fourth-order valence-electron chi connectivity index (χ4n) is 3.09. The molecule has 182 valence electrons. The number of methoxy groups -OCH3 is 2. The van der Waals surface area contributed by atoms with Gasteiger partial charge >= 0.3 is 0 Å². The van der Waals surface area contributed by atoms with Crippen LogP contribution in [0.3, 0.4) is 0 Å². The van der Waals surface area contributed by atoms with Crippen LogP contribution in [0, 0.1) is 0 Å². The molecule has 0 aliphatic rings. The highest BCUT2D eigenvalue weighted by Crippen LogP contribution is 2.49. The summed E-state index contributed by atoms with van der Waals surface area (Å²) in [6.45, 7) is 2.93. The zero-order valence-corrected chi connectivity index (χ0v) is 21.8. The summed E-state index contributed by atoms with van der Waals surface area (Å²) in [5, 5.41) is 4.39. The molecule has 0 aliphatic heterocycles. The second kappa shape index (κ2) is 11.8. The third-order valence-corrected chi connectivity index (χ3v) is 5.86. The Hall–Kier alpha value is -2.38. The van der Waals surface area contributed by atoms with Gasteiger partial charge in [-0.3, -0.25) is 0 Å². The van der Waals surface area contributed by atoms with Crippen molar-refractivity contribution in [1.29, 1.82) is 0 Å². The van der Waals surface area contributed by atoms with E-state index < -0.39 is 0 Å². The monoisotopic (exact) mass is 544 g/mol. The Morgan fingerprint density at radius 1 is 0.735 bits per heavy atom. The molecule has 0 radical (unpaired) electrons. The SMILES string of the molecule is CCCCNc1cc(Cl)c(Oc2cc(OC)cc(Oc3c(Cl)cc(N)cc3Cl)c2OC)c(Cl)c1. The number of rotatable bonds is 10. The lowest BCUT2D eigenvalue weighted by Crippen LogP contribution is -2.01. The van der Waals surface area contributed by atoms with Crippen molar-refractivity contribution in [3.05, 3.63) is 56.5 Å². The van der Waals surface area contributed by atoms with Crippen LogP contribution >= 0.6 is 46.4 Å². The smallest absolute Gasteiger partial charge is 0.204 e. The molecule has 6 nitrogen and oxygen atoms in total. The maximum Gasteiger partial charge on any atom is 0.204 e. The first kappa shape index (κ1) is 26.2. The number of nitrogen functional groups attached to an aromatic ring is 1. The number of halogens is 4. The number of nitrogens with one attached hydrogen (secondary N) is 1. The lowest BCUT2D eigenvalue weighted by Gasteiger charge is -2.19. The number of nitrogens with two attached hydrogens (primary N) is 1. The Balaban J connectivity index is 2.00. The van der Waals surface area contributed by atoms with Crippen molar-refractivity contribution < 1.29 is 18.9 Å². The normalized spacial score (nSPS) is 10.7. The summed E-state index contributed by atoms with van der Waals surface area (Å²) in [5.74, 6) is 1.64. The van der Waals surface area contributed by atoms with E-state index in [-0.39, 0.29) is 38.8 Å². The summed E-state index contributed by atoms with van der Waals surface area (Å²) < 4.78 is 23.1. The molecule has 34 heavy (non-hydrogen) atoms. The van der Waals surface area contributed by atoms with Crippen LogP contribution in [-0.2, 0) is 0 Å². The van der Waals surface area contributed by atoms with Crippen molar-refractivity contribution in [2.75, 3.05) is 31.8 Å². The van der Waals surface area contributed by atoms with E-state index in [2.05, 4.69) is 12.2 Å². The van der Waals surface area contributed by atoms with Crippen LogP contribution in [0.2, 0.25) is 20.1 Å². The van der Waals surface area contributed by atoms with Crippen LogP contribution in [0.1, 0.15) is 19.8 Å². The number of unbranched alkanes of at least 4 members (excludes halogenated alkanes) is 1. The maximum absolute atomic E-state index is 6.49. The molecule has 0 saturated carbocycles. The fourth-order valence-corrected chi connectivity index (χ4v) is 4.23. The van der Waals surface area contributed by atoms with Crippen molar-refractivity contribution >= 4 is 57.8 Å². The van der Waals surface area contributed by atoms with Crippen LogP contribution in [0.15, 0.2) is 36.4 Å². The molecule has 3 aromatic carbocycles. The Morgan fingerprint density at radius 3 is 1.68 bits per heavy atom. The second-order valence-electron chi connectivity index (χ2n) is 7.22. The minimum Gasteiger partial charge on any atom is -0.496 e. The lowest BCUT2D eigenvalue weighted by atomic mass is 10.2. The number of ether oxygens (including phenoxy) is 4. The Kier molecular flexibility index (Phi) is 9.14. The van der Waals surface area contributed by atoms with Crippen LogP contribution in [0.5, 0.6) is 34.5 Å². The first-order chi connectivity index (χ1) is 16.3. The van der Waals surface area contributed by atoms with Gasteiger partial charge in [-0.05, 0) is 30.7 Å². The summed E-state index contributed by atoms with van der Waals surface area (Å²) in [5.41, 5.74) is 6.99. The minimum absolute atomic E-state index is 0.202. The summed E-state index contributed by atoms with van der Waals surface area (Å²) in [6.07, 6.45) is 2.10. The molecule has 0 saturated heterocycles. The van der Waals surface area contributed by atoms with Gasteiger partial charge in [-0.1, -0.05) is 59.7 Å². The topological polar surface area (TPSA) is 75.0 Å². The third-order valence-electron chi connectivity index (χ3n) is 4.74. The molecule has 3 aromatic rings. The highest BCUT2D eigenvalue weighted by atomic mass is 35.5. The average Bonchev–Trinajstić information content (AvgIpc) is 2.78. The van der Waals surface area contributed by atoms with E-state index in [1.165, 1.54) is 26.4 Å². The molecule has 3 rings (SSSR count). The summed E-state index contributed by atoms with van der Waals surface area (Å²) in [4.78, 5) is 0. The number of hydrogen-bond donors (Lipinski definition) is 2. The van der Waals surface area contributed by atoms with Crippen molar-refractivity contribution in [3.8, 4) is 34.5 Å². The van der Waals surface area contributed by atoms with Gasteiger partial charge in [0.05, 0.1) is 34.3 Å². The molecular formula is C24H24Cl4N2O4. The summed E-state index contributed by atoms with van der Waals surface area (Å²) in [6, 6.07) is 9.79. The van der Waals surface area contributed by atoms with Gasteiger partial charge in [-0.15, -0.1) is 0 Å². The first-order valence-corrected chi connectivity index (χ1v) is 11.9. The van der Waals surface area contributed by atoms with Crippen molar-refractivity contribution in [2.24, 2.45) is 0 Å². The van der Waals surface area contributed by atoms with Gasteiger partial charge in [0.2, 0.25) is 5.75 Å². The number of hydrogen-bond acceptors (Lipinski definition) is 6. The lowest BCUT2D eigenvalue weighted by molar-refractivity contribution is 0.345. The molecule has 0 aromatic heterocycles. The van der Waals surface area contributed by atoms with Crippen molar-refractivity contribution in [3.63, 3.8) is 0 Å². The molecule has 0 aliphatic carbocycles. The van der Waals surface area contributed by atoms with E-state index in [1.54, 1.807) is 24.3 Å². The van der Waals surface area contributed by atoms with Crippen molar-refractivity contribution in [1.82, 2.24) is 0 Å². The van der Waals surface area contributed by atoms with E-state index in [0.717, 1.165) is 25.1 Å². The predicted molar refractivity (Wildman–Crippen MR) is 140 cm³/mol. The first-order valence-electron chi connectivity index (χ1n) is 10.4. The van der Waals surface area contributed by atoms with Crippen molar-refractivity contribution in [2.45, 2.75) is 19.8 Å². The fraction of sp³-hybridized carbons (Fsp3) is 0.250. The molecule has 10 heteroatoms. The molecule has 0 unspecified atom stereocenters. The van der Waals surface area contributed by atoms with Gasteiger partial charge < -0.3 is 30.0 Å². The highest BCUT2D eigenvalue weighted by molar-refractivity contribution is 6.38.